The molecule has 3 heterocycles. The third kappa shape index (κ3) is 3.73. The van der Waals surface area contributed by atoms with E-state index < -0.39 is 16.8 Å². The van der Waals surface area contributed by atoms with E-state index >= 15 is 0 Å². The van der Waals surface area contributed by atoms with Gasteiger partial charge in [-0.15, -0.1) is 5.10 Å². The maximum Gasteiger partial charge on any atom is 0.410 e. The number of benzene rings is 1. The molecule has 1 fully saturated rings. The first kappa shape index (κ1) is 19.5. The van der Waals surface area contributed by atoms with Gasteiger partial charge >= 0.3 is 6.09 Å². The zero-order valence-corrected chi connectivity index (χ0v) is 17.2. The molecule has 152 valence electrons. The number of hydrogen-bond donors (Lipinski definition) is 1. The van der Waals surface area contributed by atoms with Crippen molar-refractivity contribution < 1.29 is 14.1 Å². The lowest BCUT2D eigenvalue weighted by Gasteiger charge is -2.39. The molecule has 3 aromatic rings. The summed E-state index contributed by atoms with van der Waals surface area (Å²) in [6, 6.07) is 8.92. The largest absolute Gasteiger partial charge is 0.605 e. The van der Waals surface area contributed by atoms with E-state index in [-0.39, 0.29) is 18.0 Å². The molecule has 4 rings (SSSR count). The highest BCUT2D eigenvalue weighted by molar-refractivity contribution is 7.91. The Morgan fingerprint density at radius 2 is 1.93 bits per heavy atom. The van der Waals surface area contributed by atoms with Crippen LogP contribution in [0.15, 0.2) is 46.6 Å². The maximum atomic E-state index is 13.1. The molecule has 1 aliphatic heterocycles. The molecule has 0 bridgehead atoms. The minimum atomic E-state index is -1.53. The topological polar surface area (TPSA) is 122 Å². The fraction of sp³-hybridized carbons (Fsp3) is 0.368. The fourth-order valence-electron chi connectivity index (χ4n) is 3.09. The van der Waals surface area contributed by atoms with Gasteiger partial charge in [-0.05, 0) is 32.9 Å². The summed E-state index contributed by atoms with van der Waals surface area (Å²) in [5.74, 6) is 0.226. The normalized spacial score (nSPS) is 15.9. The molecule has 1 aromatic carbocycles. The van der Waals surface area contributed by atoms with Crippen molar-refractivity contribution >= 4 is 34.1 Å². The minimum absolute atomic E-state index is 0.110. The fourth-order valence-corrected chi connectivity index (χ4v) is 4.26. The Kier molecular flexibility index (Phi) is 4.83. The van der Waals surface area contributed by atoms with Crippen LogP contribution in [0.4, 0.5) is 10.6 Å². The molecule has 0 radical (unpaired) electrons. The van der Waals surface area contributed by atoms with Gasteiger partial charge in [0.1, 0.15) is 23.1 Å². The summed E-state index contributed by atoms with van der Waals surface area (Å²) in [4.78, 5) is 22.8. The van der Waals surface area contributed by atoms with Crippen molar-refractivity contribution in [2.45, 2.75) is 42.3 Å². The van der Waals surface area contributed by atoms with Crippen LogP contribution in [-0.4, -0.2) is 54.0 Å². The monoisotopic (exact) mass is 414 g/mol. The second kappa shape index (κ2) is 7.20. The molecule has 1 atom stereocenters. The molecular formula is C19H22N6O3S. The summed E-state index contributed by atoms with van der Waals surface area (Å²) in [7, 11) is 0. The van der Waals surface area contributed by atoms with Crippen LogP contribution < -0.4 is 5.73 Å². The molecule has 0 spiro atoms. The summed E-state index contributed by atoms with van der Waals surface area (Å²) in [5.41, 5.74) is 6.02. The highest BCUT2D eigenvalue weighted by Gasteiger charge is 2.38. The Labute approximate surface area is 171 Å². The van der Waals surface area contributed by atoms with Crippen LogP contribution in [0.25, 0.3) is 11.0 Å². The van der Waals surface area contributed by atoms with Crippen LogP contribution in [-0.2, 0) is 15.9 Å². The summed E-state index contributed by atoms with van der Waals surface area (Å²) < 4.78 is 20.2. The first-order valence-corrected chi connectivity index (χ1v) is 10.3. The molecule has 1 unspecified atom stereocenters. The van der Waals surface area contributed by atoms with Gasteiger partial charge in [-0.2, -0.15) is 0 Å². The first-order valence-electron chi connectivity index (χ1n) is 9.18. The lowest BCUT2D eigenvalue weighted by atomic mass is 10.1. The third-order valence-electron chi connectivity index (χ3n) is 4.48. The smallest absolute Gasteiger partial charge is 0.410 e. The van der Waals surface area contributed by atoms with Crippen LogP contribution in [0, 0.1) is 0 Å². The Morgan fingerprint density at radius 3 is 2.59 bits per heavy atom. The van der Waals surface area contributed by atoms with Gasteiger partial charge in [-0.3, -0.25) is 0 Å². The molecule has 0 aliphatic carbocycles. The van der Waals surface area contributed by atoms with Crippen molar-refractivity contribution in [3.05, 3.63) is 36.7 Å². The van der Waals surface area contributed by atoms with Crippen molar-refractivity contribution in [3.63, 3.8) is 0 Å². The van der Waals surface area contributed by atoms with E-state index in [9.17, 15) is 9.35 Å². The predicted octanol–water partition coefficient (Wildman–Crippen LogP) is 2.37. The molecule has 0 saturated carbocycles. The van der Waals surface area contributed by atoms with Gasteiger partial charge in [0, 0.05) is 24.3 Å². The van der Waals surface area contributed by atoms with Gasteiger partial charge in [0.2, 0.25) is 0 Å². The number of nitrogens with zero attached hydrogens (tertiary/aromatic N) is 5. The minimum Gasteiger partial charge on any atom is -0.605 e. The SMILES string of the molecule is CC(C)(C)OC(=O)N1CC(n2nc([S+]([O-])c3ccccc3)c3c(N)ncnc32)C1. The zero-order valence-electron chi connectivity index (χ0n) is 16.4. The number of aromatic nitrogens is 4. The van der Waals surface area contributed by atoms with E-state index in [1.165, 1.54) is 6.33 Å². The summed E-state index contributed by atoms with van der Waals surface area (Å²) in [6.07, 6.45) is 0.988. The van der Waals surface area contributed by atoms with Crippen LogP contribution in [0.1, 0.15) is 26.8 Å². The molecule has 2 N–H and O–H groups in total. The number of amides is 1. The van der Waals surface area contributed by atoms with E-state index in [0.29, 0.717) is 34.0 Å². The highest BCUT2D eigenvalue weighted by atomic mass is 32.2. The van der Waals surface area contributed by atoms with Crippen LogP contribution in [0.5, 0.6) is 0 Å². The van der Waals surface area contributed by atoms with Crippen molar-refractivity contribution in [2.75, 3.05) is 18.8 Å². The van der Waals surface area contributed by atoms with E-state index in [1.807, 2.05) is 39.0 Å². The number of anilines is 1. The Hall–Kier alpha value is -2.85. The summed E-state index contributed by atoms with van der Waals surface area (Å²) in [5, 5.41) is 5.37. The average molecular weight is 414 g/mol. The van der Waals surface area contributed by atoms with Crippen molar-refractivity contribution in [2.24, 2.45) is 0 Å². The van der Waals surface area contributed by atoms with Gasteiger partial charge in [-0.1, -0.05) is 18.2 Å². The molecule has 10 heteroatoms. The Bertz CT molecular complexity index is 1040. The predicted molar refractivity (Wildman–Crippen MR) is 108 cm³/mol. The number of fused-ring (bicyclic) bond motifs is 1. The number of hydrogen-bond acceptors (Lipinski definition) is 7. The number of likely N-dealkylation sites (tertiary alicyclic amines) is 1. The Balaban J connectivity index is 1.64. The number of nitrogens with two attached hydrogens (primary N) is 1. The lowest BCUT2D eigenvalue weighted by molar-refractivity contribution is -0.0000667. The number of carbonyl (C=O) groups is 1. The number of ether oxygens (including phenoxy) is 1. The highest BCUT2D eigenvalue weighted by Crippen LogP contribution is 2.33. The van der Waals surface area contributed by atoms with Crippen LogP contribution in [0.3, 0.4) is 0 Å². The van der Waals surface area contributed by atoms with E-state index in [0.717, 1.165) is 0 Å². The second-order valence-electron chi connectivity index (χ2n) is 7.83. The molecule has 2 aromatic heterocycles. The van der Waals surface area contributed by atoms with E-state index in [2.05, 4.69) is 15.1 Å². The third-order valence-corrected chi connectivity index (χ3v) is 5.82. The molecule has 9 nitrogen and oxygen atoms in total. The number of nitrogen functional groups attached to an aromatic ring is 1. The molecular weight excluding hydrogens is 392 g/mol. The number of carbonyl (C=O) groups excluding carboxylic acids is 1. The van der Waals surface area contributed by atoms with E-state index in [4.69, 9.17) is 10.5 Å². The zero-order chi connectivity index (χ0) is 20.8. The van der Waals surface area contributed by atoms with E-state index in [1.54, 1.807) is 21.7 Å². The second-order valence-corrected chi connectivity index (χ2v) is 9.22. The van der Waals surface area contributed by atoms with Crippen molar-refractivity contribution in [1.82, 2.24) is 24.6 Å². The van der Waals surface area contributed by atoms with Gasteiger partial charge in [0.25, 0.3) is 5.03 Å². The van der Waals surface area contributed by atoms with Crippen molar-refractivity contribution in [3.8, 4) is 0 Å². The quantitative estimate of drug-likeness (QED) is 0.653. The van der Waals surface area contributed by atoms with Gasteiger partial charge in [-0.25, -0.2) is 19.4 Å². The number of rotatable bonds is 3. The maximum absolute atomic E-state index is 13.1. The summed E-state index contributed by atoms with van der Waals surface area (Å²) in [6.45, 7) is 6.33. The van der Waals surface area contributed by atoms with Gasteiger partial charge in [0.05, 0.1) is 6.04 Å². The lowest BCUT2D eigenvalue weighted by Crippen LogP contribution is -2.52. The Morgan fingerprint density at radius 1 is 1.24 bits per heavy atom. The van der Waals surface area contributed by atoms with Crippen LogP contribution >= 0.6 is 0 Å². The van der Waals surface area contributed by atoms with Gasteiger partial charge < -0.3 is 19.9 Å². The van der Waals surface area contributed by atoms with Crippen molar-refractivity contribution in [1.29, 1.82) is 0 Å². The van der Waals surface area contributed by atoms with Crippen LogP contribution in [0.2, 0.25) is 0 Å². The summed E-state index contributed by atoms with van der Waals surface area (Å²) >= 11 is -1.53. The molecule has 1 aliphatic rings. The average Bonchev–Trinajstić information content (AvgIpc) is 3.00. The standard InChI is InChI=1S/C19H22N6O3S/c1-19(2,3)28-18(26)24-9-12(10-24)25-16-14(15(20)21-11-22-16)17(23-25)29(27)13-7-5-4-6-8-13/h4-8,11-12H,9-10H2,1-3H3,(H2,20,21,22). The molecule has 1 saturated heterocycles. The molecule has 29 heavy (non-hydrogen) atoms. The first-order chi connectivity index (χ1) is 13.7. The molecule has 1 amide bonds. The van der Waals surface area contributed by atoms with Gasteiger partial charge in [0.15, 0.2) is 10.5 Å².